The van der Waals surface area contributed by atoms with Crippen molar-refractivity contribution in [3.63, 3.8) is 0 Å². The zero-order valence-corrected chi connectivity index (χ0v) is 22.8. The molecule has 0 aromatic rings. The molecule has 2 N–H and O–H groups in total. The van der Waals surface area contributed by atoms with Crippen LogP contribution in [0.4, 0.5) is 0 Å². The van der Waals surface area contributed by atoms with Gasteiger partial charge in [0.15, 0.2) is 5.76 Å². The summed E-state index contributed by atoms with van der Waals surface area (Å²) in [4.78, 5) is 39.4. The molecule has 5 saturated heterocycles. The van der Waals surface area contributed by atoms with E-state index < -0.39 is 63.6 Å². The van der Waals surface area contributed by atoms with Gasteiger partial charge in [-0.2, -0.15) is 0 Å². The van der Waals surface area contributed by atoms with Crippen LogP contribution in [0.15, 0.2) is 11.3 Å². The highest BCUT2D eigenvalue weighted by Gasteiger charge is 2.84. The van der Waals surface area contributed by atoms with E-state index in [2.05, 4.69) is 0 Å². The topological polar surface area (TPSA) is 138 Å². The van der Waals surface area contributed by atoms with E-state index in [1.807, 2.05) is 20.8 Å². The Labute approximate surface area is 226 Å². The molecule has 2 saturated carbocycles. The Morgan fingerprint density at radius 3 is 2.51 bits per heavy atom. The van der Waals surface area contributed by atoms with Crippen molar-refractivity contribution in [3.8, 4) is 0 Å². The van der Waals surface area contributed by atoms with Crippen LogP contribution in [0, 0.1) is 35.0 Å². The number of carbonyl (C=O) groups is 3. The highest BCUT2D eigenvalue weighted by atomic mass is 16.8. The van der Waals surface area contributed by atoms with Crippen LogP contribution in [-0.4, -0.2) is 69.0 Å². The van der Waals surface area contributed by atoms with Crippen LogP contribution in [0.1, 0.15) is 72.6 Å². The van der Waals surface area contributed by atoms with Gasteiger partial charge in [-0.05, 0) is 32.6 Å². The maximum absolute atomic E-state index is 14.0. The lowest BCUT2D eigenvalue weighted by molar-refractivity contribution is -0.322. The van der Waals surface area contributed by atoms with Crippen molar-refractivity contribution in [1.82, 2.24) is 0 Å². The number of esters is 2. The molecule has 6 aliphatic heterocycles. The standard InChI is InChI=1S/C29H36O10/c1-13-10-28(37-23(13)34)19-14(2)21(32)24(3)7-8-26-11-27-16(25(4,12-30)35-17(27)9-18(31)36-27)6-5-15(26)22(33)29(38-26,39-28)20(19)24/h13-14,16-17,19-20,30,33H,5-12H2,1-4H3/t13-,14-,16-,17+,19-,20-,24-,25-,26-,27+,28-,29+/m0/s1. The number of ketones is 1. The highest BCUT2D eigenvalue weighted by molar-refractivity contribution is 5.91. The molecule has 0 unspecified atom stereocenters. The van der Waals surface area contributed by atoms with Gasteiger partial charge >= 0.3 is 11.9 Å². The maximum atomic E-state index is 14.0. The molecule has 2 bridgehead atoms. The lowest BCUT2D eigenvalue weighted by Crippen LogP contribution is -2.52. The number of Topliss-reactive ketones (excluding diaryl/α,β-unsaturated/α-hetero) is 1. The molecule has 212 valence electrons. The van der Waals surface area contributed by atoms with Crippen molar-refractivity contribution in [2.24, 2.45) is 35.0 Å². The molecule has 10 heteroatoms. The summed E-state index contributed by atoms with van der Waals surface area (Å²) >= 11 is 0. The van der Waals surface area contributed by atoms with Crippen LogP contribution in [0.5, 0.6) is 0 Å². The Morgan fingerprint density at radius 2 is 1.82 bits per heavy atom. The third kappa shape index (κ3) is 2.50. The number of hydrogen-bond donors (Lipinski definition) is 2. The summed E-state index contributed by atoms with van der Waals surface area (Å²) in [6, 6.07) is 0. The second-order valence-corrected chi connectivity index (χ2v) is 14.1. The predicted molar refractivity (Wildman–Crippen MR) is 130 cm³/mol. The molecule has 6 heterocycles. The first-order valence-electron chi connectivity index (χ1n) is 14.4. The number of rotatable bonds is 1. The first-order valence-corrected chi connectivity index (χ1v) is 14.4. The summed E-state index contributed by atoms with van der Waals surface area (Å²) in [5.41, 5.74) is -3.16. The van der Waals surface area contributed by atoms with Gasteiger partial charge in [0.1, 0.15) is 23.1 Å². The van der Waals surface area contributed by atoms with Gasteiger partial charge in [-0.1, -0.05) is 20.8 Å². The van der Waals surface area contributed by atoms with Crippen molar-refractivity contribution in [2.75, 3.05) is 6.61 Å². The molecule has 7 fully saturated rings. The minimum atomic E-state index is -1.64. The van der Waals surface area contributed by atoms with E-state index in [9.17, 15) is 24.6 Å². The third-order valence-corrected chi connectivity index (χ3v) is 12.1. The molecule has 8 rings (SSSR count). The first kappa shape index (κ1) is 24.8. The summed E-state index contributed by atoms with van der Waals surface area (Å²) in [6.45, 7) is 7.23. The van der Waals surface area contributed by atoms with E-state index in [0.717, 1.165) is 0 Å². The molecule has 10 nitrogen and oxygen atoms in total. The number of aliphatic hydroxyl groups is 2. The largest absolute Gasteiger partial charge is 0.507 e. The molecule has 8 aliphatic rings. The summed E-state index contributed by atoms with van der Waals surface area (Å²) < 4.78 is 32.3. The number of hydrogen-bond acceptors (Lipinski definition) is 10. The molecule has 2 aliphatic carbocycles. The minimum absolute atomic E-state index is 0.0262. The number of ether oxygens (including phenoxy) is 5. The average Bonchev–Trinajstić information content (AvgIpc) is 3.55. The summed E-state index contributed by atoms with van der Waals surface area (Å²) in [7, 11) is 0. The Hall–Kier alpha value is -2.01. The van der Waals surface area contributed by atoms with Crippen LogP contribution < -0.4 is 0 Å². The molecule has 0 amide bonds. The van der Waals surface area contributed by atoms with E-state index in [1.165, 1.54) is 0 Å². The Bertz CT molecular complexity index is 1280. The SMILES string of the molecule is C[C@@H]1C(=O)[C@@]2(C)CC[C@]34C[C@]56OC(=O)C[C@H]5O[C@@](C)(CO)[C@@H]6CCC3=C(O)[C@]3(O4)O[C@@]4(C[C@H](C)C(=O)O4)[C@@H]1[C@H]32. The zero-order valence-electron chi connectivity index (χ0n) is 22.8. The third-order valence-electron chi connectivity index (χ3n) is 12.1. The fourth-order valence-electron chi connectivity index (χ4n) is 10.6. The van der Waals surface area contributed by atoms with E-state index >= 15 is 0 Å². The van der Waals surface area contributed by atoms with Gasteiger partial charge in [-0.3, -0.25) is 19.1 Å². The average molecular weight is 545 g/mol. The second kappa shape index (κ2) is 6.89. The second-order valence-electron chi connectivity index (χ2n) is 14.1. The molecule has 39 heavy (non-hydrogen) atoms. The lowest BCUT2D eigenvalue weighted by Gasteiger charge is -2.41. The minimum Gasteiger partial charge on any atom is -0.507 e. The highest BCUT2D eigenvalue weighted by Crippen LogP contribution is 2.74. The predicted octanol–water partition coefficient (Wildman–Crippen LogP) is 2.46. The fourth-order valence-corrected chi connectivity index (χ4v) is 10.6. The van der Waals surface area contributed by atoms with E-state index in [4.69, 9.17) is 23.7 Å². The van der Waals surface area contributed by atoms with Crippen LogP contribution in [0.3, 0.4) is 0 Å². The lowest BCUT2D eigenvalue weighted by atomic mass is 9.65. The van der Waals surface area contributed by atoms with Gasteiger partial charge in [0.2, 0.25) is 11.6 Å². The van der Waals surface area contributed by atoms with Gasteiger partial charge < -0.3 is 29.2 Å². The normalized spacial score (nSPS) is 58.6. The van der Waals surface area contributed by atoms with Crippen LogP contribution in [-0.2, 0) is 38.1 Å². The fraction of sp³-hybridized carbons (Fsp3) is 0.828. The number of carbonyl (C=O) groups excluding carboxylic acids is 3. The van der Waals surface area contributed by atoms with Gasteiger partial charge in [0.25, 0.3) is 0 Å². The molecule has 0 aromatic carbocycles. The van der Waals surface area contributed by atoms with E-state index in [1.54, 1.807) is 6.92 Å². The quantitative estimate of drug-likeness (QED) is 0.474. The van der Waals surface area contributed by atoms with Crippen LogP contribution >= 0.6 is 0 Å². The van der Waals surface area contributed by atoms with Crippen molar-refractivity contribution < 1.29 is 48.3 Å². The summed E-state index contributed by atoms with van der Waals surface area (Å²) in [5, 5.41) is 22.5. The van der Waals surface area contributed by atoms with Gasteiger partial charge in [0, 0.05) is 47.5 Å². The number of aliphatic hydroxyl groups excluding tert-OH is 2. The molecular formula is C29H36O10. The molecular weight excluding hydrogens is 508 g/mol. The Balaban J connectivity index is 1.31. The zero-order chi connectivity index (χ0) is 27.5. The van der Waals surface area contributed by atoms with Crippen molar-refractivity contribution in [2.45, 2.75) is 107 Å². The number of fused-ring (bicyclic) bond motifs is 1. The molecule has 4 spiro atoms. The smallest absolute Gasteiger partial charge is 0.311 e. The maximum Gasteiger partial charge on any atom is 0.311 e. The molecule has 0 aromatic heterocycles. The van der Waals surface area contributed by atoms with Gasteiger partial charge in [-0.25, -0.2) is 0 Å². The molecule has 0 radical (unpaired) electrons. The van der Waals surface area contributed by atoms with Crippen LogP contribution in [0.2, 0.25) is 0 Å². The Kier molecular flexibility index (Phi) is 4.37. The van der Waals surface area contributed by atoms with E-state index in [0.29, 0.717) is 31.3 Å². The van der Waals surface area contributed by atoms with Crippen molar-refractivity contribution in [3.05, 3.63) is 11.3 Å². The van der Waals surface area contributed by atoms with Crippen molar-refractivity contribution in [1.29, 1.82) is 0 Å². The van der Waals surface area contributed by atoms with Gasteiger partial charge in [0.05, 0.1) is 24.5 Å². The van der Waals surface area contributed by atoms with Crippen molar-refractivity contribution >= 4 is 17.7 Å². The van der Waals surface area contributed by atoms with E-state index in [-0.39, 0.29) is 55.3 Å². The summed E-state index contributed by atoms with van der Waals surface area (Å²) in [5.74, 6) is -5.82. The molecule has 12 atom stereocenters. The first-order chi connectivity index (χ1) is 18.3. The monoisotopic (exact) mass is 544 g/mol. The summed E-state index contributed by atoms with van der Waals surface area (Å²) in [6.07, 6.45) is 1.95. The Morgan fingerprint density at radius 1 is 1.05 bits per heavy atom. The van der Waals surface area contributed by atoms with Gasteiger partial charge in [-0.15, -0.1) is 0 Å². The van der Waals surface area contributed by atoms with Crippen LogP contribution in [0.25, 0.3) is 0 Å².